The van der Waals surface area contributed by atoms with E-state index in [1.54, 1.807) is 13.8 Å². The summed E-state index contributed by atoms with van der Waals surface area (Å²) in [5, 5.41) is 25.0. The molecule has 0 rings (SSSR count). The van der Waals surface area contributed by atoms with E-state index in [0.717, 1.165) is 0 Å². The molecular formula is C18H31N5O8S. The Labute approximate surface area is 190 Å². The molecular weight excluding hydrogens is 446 g/mol. The Morgan fingerprint density at radius 2 is 1.50 bits per heavy atom. The molecule has 0 radical (unpaired) electrons. The molecule has 0 aliphatic rings. The number of nitrogens with two attached hydrogens (primary N) is 2. The van der Waals surface area contributed by atoms with Crippen molar-refractivity contribution in [1.29, 1.82) is 0 Å². The van der Waals surface area contributed by atoms with Crippen molar-refractivity contribution in [3.05, 3.63) is 0 Å². The summed E-state index contributed by atoms with van der Waals surface area (Å²) in [6, 6.07) is -5.17. The van der Waals surface area contributed by atoms with Gasteiger partial charge in [-0.25, -0.2) is 4.79 Å². The van der Waals surface area contributed by atoms with E-state index in [9.17, 15) is 33.9 Å². The van der Waals surface area contributed by atoms with Crippen LogP contribution in [0.1, 0.15) is 39.5 Å². The first-order valence-corrected chi connectivity index (χ1v) is 10.5. The van der Waals surface area contributed by atoms with Gasteiger partial charge in [0.2, 0.25) is 23.6 Å². The Balaban J connectivity index is 5.30. The molecule has 0 heterocycles. The fourth-order valence-electron chi connectivity index (χ4n) is 2.51. The summed E-state index contributed by atoms with van der Waals surface area (Å²) >= 11 is 4.00. The number of aliphatic carboxylic acids is 2. The molecule has 5 atom stereocenters. The minimum absolute atomic E-state index is 0.195. The first-order valence-electron chi connectivity index (χ1n) is 9.84. The Morgan fingerprint density at radius 1 is 0.938 bits per heavy atom. The maximum atomic E-state index is 12.8. The van der Waals surface area contributed by atoms with Gasteiger partial charge in [-0.15, -0.1) is 0 Å². The molecule has 0 aromatic rings. The average Bonchev–Trinajstić information content (AvgIpc) is 2.70. The Kier molecular flexibility index (Phi) is 13.0. The lowest BCUT2D eigenvalue weighted by Crippen LogP contribution is -2.59. The maximum absolute atomic E-state index is 12.8. The molecule has 0 saturated heterocycles. The lowest BCUT2D eigenvalue weighted by atomic mass is 9.97. The minimum Gasteiger partial charge on any atom is -0.481 e. The molecule has 0 aliphatic carbocycles. The summed E-state index contributed by atoms with van der Waals surface area (Å²) < 4.78 is 0. The van der Waals surface area contributed by atoms with Crippen molar-refractivity contribution in [1.82, 2.24) is 16.0 Å². The van der Waals surface area contributed by atoms with Gasteiger partial charge < -0.3 is 37.6 Å². The van der Waals surface area contributed by atoms with E-state index in [2.05, 4.69) is 28.6 Å². The monoisotopic (exact) mass is 477 g/mol. The number of hydrogen-bond donors (Lipinski definition) is 8. The summed E-state index contributed by atoms with van der Waals surface area (Å²) in [5.74, 6) is -6.47. The van der Waals surface area contributed by atoms with E-state index in [1.807, 2.05) is 0 Å². The van der Waals surface area contributed by atoms with E-state index in [1.165, 1.54) is 0 Å². The summed E-state index contributed by atoms with van der Waals surface area (Å²) in [6.45, 7) is 3.42. The van der Waals surface area contributed by atoms with Crippen LogP contribution in [0.25, 0.3) is 0 Å². The van der Waals surface area contributed by atoms with Gasteiger partial charge in [0, 0.05) is 12.2 Å². The number of thiol groups is 1. The fourth-order valence-corrected chi connectivity index (χ4v) is 2.77. The third kappa shape index (κ3) is 10.4. The molecule has 0 fully saturated rings. The minimum atomic E-state index is -1.41. The van der Waals surface area contributed by atoms with Crippen LogP contribution in [0.2, 0.25) is 0 Å². The first-order chi connectivity index (χ1) is 14.8. The van der Waals surface area contributed by atoms with Crippen molar-refractivity contribution < 1.29 is 39.0 Å². The van der Waals surface area contributed by atoms with E-state index in [-0.39, 0.29) is 18.6 Å². The van der Waals surface area contributed by atoms with Crippen LogP contribution in [0.5, 0.6) is 0 Å². The van der Waals surface area contributed by atoms with Crippen molar-refractivity contribution >= 4 is 48.2 Å². The zero-order valence-electron chi connectivity index (χ0n) is 17.9. The number of carboxylic acids is 2. The predicted octanol–water partition coefficient (Wildman–Crippen LogP) is -2.43. The molecule has 0 aliphatic heterocycles. The molecule has 0 bridgehead atoms. The normalized spacial score (nSPS) is 15.4. The highest BCUT2D eigenvalue weighted by atomic mass is 32.1. The van der Waals surface area contributed by atoms with Gasteiger partial charge in [0.05, 0.1) is 12.5 Å². The largest absolute Gasteiger partial charge is 0.481 e. The second-order valence-electron chi connectivity index (χ2n) is 7.22. The highest BCUT2D eigenvalue weighted by Crippen LogP contribution is 2.09. The van der Waals surface area contributed by atoms with E-state index >= 15 is 0 Å². The van der Waals surface area contributed by atoms with E-state index < -0.39 is 72.1 Å². The summed E-state index contributed by atoms with van der Waals surface area (Å²) in [7, 11) is 0. The number of amides is 4. The number of hydrogen-bond acceptors (Lipinski definition) is 8. The van der Waals surface area contributed by atoms with Gasteiger partial charge >= 0.3 is 11.9 Å². The molecule has 14 heteroatoms. The summed E-state index contributed by atoms with van der Waals surface area (Å²) in [4.78, 5) is 70.3. The fraction of sp³-hybridized carbons (Fsp3) is 0.667. The molecule has 0 aromatic carbocycles. The second kappa shape index (κ2) is 14.2. The highest BCUT2D eigenvalue weighted by Gasteiger charge is 2.32. The number of carbonyl (C=O) groups excluding carboxylic acids is 4. The summed E-state index contributed by atoms with van der Waals surface area (Å²) in [5.41, 5.74) is 10.5. The van der Waals surface area contributed by atoms with Crippen molar-refractivity contribution in [2.75, 3.05) is 5.75 Å². The average molecular weight is 478 g/mol. The lowest BCUT2D eigenvalue weighted by Gasteiger charge is -2.27. The van der Waals surface area contributed by atoms with Crippen LogP contribution in [0.4, 0.5) is 0 Å². The molecule has 182 valence electrons. The first kappa shape index (κ1) is 29.1. The topological polar surface area (TPSA) is 231 Å². The number of nitrogens with one attached hydrogen (secondary N) is 3. The van der Waals surface area contributed by atoms with Crippen LogP contribution < -0.4 is 27.4 Å². The standard InChI is InChI=1S/C18H31N5O8S/c1-3-8(2)14(23-15(27)9(19)6-13(25)26)17(29)22-11(7-32)16(28)21-10(18(30)31)4-5-12(20)24/h8-11,14,32H,3-7,19H2,1-2H3,(H2,20,24)(H,21,28)(H,22,29)(H,23,27)(H,25,26)(H,30,31). The zero-order valence-corrected chi connectivity index (χ0v) is 18.8. The quantitative estimate of drug-likeness (QED) is 0.117. The zero-order chi connectivity index (χ0) is 25.0. The number of primary amides is 1. The van der Waals surface area contributed by atoms with Crippen LogP contribution in [-0.2, 0) is 28.8 Å². The molecule has 32 heavy (non-hydrogen) atoms. The van der Waals surface area contributed by atoms with Crippen molar-refractivity contribution in [2.45, 2.75) is 63.7 Å². The maximum Gasteiger partial charge on any atom is 0.326 e. The number of carbonyl (C=O) groups is 6. The van der Waals surface area contributed by atoms with Crippen LogP contribution in [0, 0.1) is 5.92 Å². The third-order valence-corrected chi connectivity index (χ3v) is 5.00. The highest BCUT2D eigenvalue weighted by molar-refractivity contribution is 7.80. The predicted molar refractivity (Wildman–Crippen MR) is 115 cm³/mol. The van der Waals surface area contributed by atoms with Crippen LogP contribution in [-0.4, -0.2) is 75.7 Å². The van der Waals surface area contributed by atoms with E-state index in [0.29, 0.717) is 6.42 Å². The molecule has 4 amide bonds. The van der Waals surface area contributed by atoms with E-state index in [4.69, 9.17) is 16.6 Å². The molecule has 0 aromatic heterocycles. The number of carboxylic acid groups (broad SMARTS) is 2. The van der Waals surface area contributed by atoms with Crippen LogP contribution in [0.15, 0.2) is 0 Å². The van der Waals surface area contributed by atoms with Gasteiger partial charge in [0.1, 0.15) is 18.1 Å². The van der Waals surface area contributed by atoms with Gasteiger partial charge in [0.25, 0.3) is 0 Å². The molecule has 0 spiro atoms. The lowest BCUT2D eigenvalue weighted by molar-refractivity contribution is -0.142. The molecule has 5 unspecified atom stereocenters. The second-order valence-corrected chi connectivity index (χ2v) is 7.59. The summed E-state index contributed by atoms with van der Waals surface area (Å²) in [6.07, 6.45) is -0.687. The van der Waals surface area contributed by atoms with Crippen LogP contribution >= 0.6 is 12.6 Å². The van der Waals surface area contributed by atoms with Crippen molar-refractivity contribution in [3.8, 4) is 0 Å². The molecule has 13 nitrogen and oxygen atoms in total. The Hall–Kier alpha value is -2.87. The Bertz CT molecular complexity index is 719. The van der Waals surface area contributed by atoms with Gasteiger partial charge in [0.15, 0.2) is 0 Å². The van der Waals surface area contributed by atoms with Crippen molar-refractivity contribution in [3.63, 3.8) is 0 Å². The molecule has 0 saturated carbocycles. The van der Waals surface area contributed by atoms with Gasteiger partial charge in [-0.05, 0) is 12.3 Å². The van der Waals surface area contributed by atoms with Gasteiger partial charge in [-0.3, -0.25) is 24.0 Å². The molecule has 9 N–H and O–H groups in total. The number of rotatable bonds is 15. The third-order valence-electron chi connectivity index (χ3n) is 4.63. The van der Waals surface area contributed by atoms with Gasteiger partial charge in [-0.1, -0.05) is 20.3 Å². The SMILES string of the molecule is CCC(C)C(NC(=O)C(N)CC(=O)O)C(=O)NC(CS)C(=O)NC(CCC(N)=O)C(=O)O. The van der Waals surface area contributed by atoms with Crippen LogP contribution in [0.3, 0.4) is 0 Å². The smallest absolute Gasteiger partial charge is 0.326 e. The Morgan fingerprint density at radius 3 is 1.94 bits per heavy atom. The van der Waals surface area contributed by atoms with Gasteiger partial charge in [-0.2, -0.15) is 12.6 Å². The van der Waals surface area contributed by atoms with Crippen molar-refractivity contribution in [2.24, 2.45) is 17.4 Å².